The number of hydrogen-bond donors (Lipinski definition) is 2. The Morgan fingerprint density at radius 2 is 2.00 bits per heavy atom. The van der Waals surface area contributed by atoms with Gasteiger partial charge in [0.2, 0.25) is 0 Å². The highest BCUT2D eigenvalue weighted by atomic mass is 16.6. The van der Waals surface area contributed by atoms with Crippen LogP contribution in [0.15, 0.2) is 4.99 Å². The number of nitrogens with one attached hydrogen (secondary N) is 2. The SMILES string of the molecule is CN=C(NCCNC(=O)OC(C)(C)C)N1CCC(COC)C1. The molecule has 0 aromatic rings. The topological polar surface area (TPSA) is 75.2 Å². The molecule has 0 radical (unpaired) electrons. The van der Waals surface area contributed by atoms with Crippen LogP contribution in [0.2, 0.25) is 0 Å². The number of aliphatic imine (C=N–C) groups is 1. The maximum atomic E-state index is 11.5. The first-order valence-electron chi connectivity index (χ1n) is 7.77. The summed E-state index contributed by atoms with van der Waals surface area (Å²) in [6.07, 6.45) is 0.718. The highest BCUT2D eigenvalue weighted by Crippen LogP contribution is 2.16. The Morgan fingerprint density at radius 1 is 1.32 bits per heavy atom. The number of amides is 1. The van der Waals surface area contributed by atoms with Gasteiger partial charge in [-0.1, -0.05) is 0 Å². The van der Waals surface area contributed by atoms with Crippen molar-refractivity contribution < 1.29 is 14.3 Å². The molecule has 0 saturated carbocycles. The molecule has 2 N–H and O–H groups in total. The first-order chi connectivity index (χ1) is 10.4. The number of nitrogens with zero attached hydrogens (tertiary/aromatic N) is 2. The first-order valence-corrected chi connectivity index (χ1v) is 7.77. The second-order valence-electron chi connectivity index (χ2n) is 6.46. The quantitative estimate of drug-likeness (QED) is 0.451. The standard InChI is InChI=1S/C15H30N4O3/c1-15(2,3)22-14(20)18-8-7-17-13(16-4)19-9-6-12(10-19)11-21-5/h12H,6-11H2,1-5H3,(H,16,17)(H,18,20). The minimum atomic E-state index is -0.473. The zero-order valence-electron chi connectivity index (χ0n) is 14.4. The van der Waals surface area contributed by atoms with E-state index in [1.807, 2.05) is 20.8 Å². The molecule has 1 aliphatic rings. The molecule has 0 aromatic carbocycles. The lowest BCUT2D eigenvalue weighted by molar-refractivity contribution is 0.0529. The summed E-state index contributed by atoms with van der Waals surface area (Å²) in [6.45, 7) is 9.35. The van der Waals surface area contributed by atoms with Crippen LogP contribution in [0.5, 0.6) is 0 Å². The van der Waals surface area contributed by atoms with E-state index in [1.165, 1.54) is 0 Å². The largest absolute Gasteiger partial charge is 0.444 e. The molecule has 22 heavy (non-hydrogen) atoms. The minimum absolute atomic E-state index is 0.398. The predicted molar refractivity (Wildman–Crippen MR) is 87.2 cm³/mol. The van der Waals surface area contributed by atoms with E-state index < -0.39 is 11.7 Å². The van der Waals surface area contributed by atoms with Gasteiger partial charge in [-0.2, -0.15) is 0 Å². The van der Waals surface area contributed by atoms with Gasteiger partial charge in [-0.3, -0.25) is 4.99 Å². The highest BCUT2D eigenvalue weighted by Gasteiger charge is 2.24. The van der Waals surface area contributed by atoms with E-state index in [1.54, 1.807) is 14.2 Å². The molecule has 0 spiro atoms. The molecule has 7 heteroatoms. The zero-order chi connectivity index (χ0) is 16.6. The summed E-state index contributed by atoms with van der Waals surface area (Å²) in [6, 6.07) is 0. The van der Waals surface area contributed by atoms with Gasteiger partial charge in [0.1, 0.15) is 5.60 Å². The fourth-order valence-corrected chi connectivity index (χ4v) is 2.38. The summed E-state index contributed by atoms with van der Waals surface area (Å²) in [5, 5.41) is 5.98. The number of alkyl carbamates (subject to hydrolysis) is 1. The maximum absolute atomic E-state index is 11.5. The van der Waals surface area contributed by atoms with E-state index in [9.17, 15) is 4.79 Å². The van der Waals surface area contributed by atoms with Gasteiger partial charge in [-0.25, -0.2) is 4.79 Å². The lowest BCUT2D eigenvalue weighted by atomic mass is 10.1. The molecule has 0 aliphatic carbocycles. The molecule has 1 rings (SSSR count). The summed E-state index contributed by atoms with van der Waals surface area (Å²) < 4.78 is 10.4. The number of likely N-dealkylation sites (tertiary alicyclic amines) is 1. The first kappa shape index (κ1) is 18.5. The molecule has 0 aromatic heterocycles. The third-order valence-corrected chi connectivity index (χ3v) is 3.28. The van der Waals surface area contributed by atoms with E-state index in [4.69, 9.17) is 9.47 Å². The van der Waals surface area contributed by atoms with Crippen molar-refractivity contribution in [3.8, 4) is 0 Å². The van der Waals surface area contributed by atoms with Gasteiger partial charge in [0.15, 0.2) is 5.96 Å². The van der Waals surface area contributed by atoms with Crippen LogP contribution in [0.3, 0.4) is 0 Å². The molecule has 7 nitrogen and oxygen atoms in total. The molecule has 128 valence electrons. The summed E-state index contributed by atoms with van der Waals surface area (Å²) in [5.74, 6) is 1.42. The Labute approximate surface area is 133 Å². The van der Waals surface area contributed by atoms with Gasteiger partial charge in [0, 0.05) is 46.3 Å². The summed E-state index contributed by atoms with van der Waals surface area (Å²) >= 11 is 0. The smallest absolute Gasteiger partial charge is 0.407 e. The normalized spacial score (nSPS) is 19.2. The Kier molecular flexibility index (Phi) is 7.44. The Balaban J connectivity index is 2.24. The summed E-state index contributed by atoms with van der Waals surface area (Å²) in [4.78, 5) is 18.0. The third kappa shape index (κ3) is 6.98. The van der Waals surface area contributed by atoms with Crippen LogP contribution in [-0.4, -0.2) is 69.5 Å². The van der Waals surface area contributed by atoms with E-state index in [-0.39, 0.29) is 0 Å². The Hall–Kier alpha value is -1.50. The lowest BCUT2D eigenvalue weighted by Gasteiger charge is -2.22. The average molecular weight is 314 g/mol. The zero-order valence-corrected chi connectivity index (χ0v) is 14.4. The summed E-state index contributed by atoms with van der Waals surface area (Å²) in [7, 11) is 3.51. The van der Waals surface area contributed by atoms with Crippen molar-refractivity contribution in [3.05, 3.63) is 0 Å². The van der Waals surface area contributed by atoms with Crippen LogP contribution in [0, 0.1) is 5.92 Å². The van der Waals surface area contributed by atoms with Gasteiger partial charge in [0.05, 0.1) is 6.61 Å². The van der Waals surface area contributed by atoms with E-state index in [0.29, 0.717) is 19.0 Å². The van der Waals surface area contributed by atoms with Crippen molar-refractivity contribution in [2.45, 2.75) is 32.8 Å². The maximum Gasteiger partial charge on any atom is 0.407 e. The highest BCUT2D eigenvalue weighted by molar-refractivity contribution is 5.80. The minimum Gasteiger partial charge on any atom is -0.444 e. The Morgan fingerprint density at radius 3 is 2.59 bits per heavy atom. The van der Waals surface area contributed by atoms with Crippen molar-refractivity contribution in [2.75, 3.05) is 46.9 Å². The molecule has 1 aliphatic heterocycles. The molecular weight excluding hydrogens is 284 g/mol. The van der Waals surface area contributed by atoms with Gasteiger partial charge in [-0.05, 0) is 27.2 Å². The fraction of sp³-hybridized carbons (Fsp3) is 0.867. The Bertz CT molecular complexity index is 379. The number of rotatable bonds is 5. The lowest BCUT2D eigenvalue weighted by Crippen LogP contribution is -2.44. The van der Waals surface area contributed by atoms with Gasteiger partial charge < -0.3 is 25.0 Å². The van der Waals surface area contributed by atoms with E-state index in [0.717, 1.165) is 32.1 Å². The third-order valence-electron chi connectivity index (χ3n) is 3.28. The van der Waals surface area contributed by atoms with Crippen molar-refractivity contribution in [2.24, 2.45) is 10.9 Å². The van der Waals surface area contributed by atoms with Crippen LogP contribution in [0.1, 0.15) is 27.2 Å². The van der Waals surface area contributed by atoms with E-state index in [2.05, 4.69) is 20.5 Å². The van der Waals surface area contributed by atoms with Gasteiger partial charge in [0.25, 0.3) is 0 Å². The summed E-state index contributed by atoms with van der Waals surface area (Å²) in [5.41, 5.74) is -0.473. The number of guanidine groups is 1. The number of hydrogen-bond acceptors (Lipinski definition) is 4. The van der Waals surface area contributed by atoms with Crippen LogP contribution in [0.4, 0.5) is 4.79 Å². The van der Waals surface area contributed by atoms with Crippen molar-refractivity contribution in [3.63, 3.8) is 0 Å². The second kappa shape index (κ2) is 8.82. The molecular formula is C15H30N4O3. The number of methoxy groups -OCH3 is 1. The molecule has 1 atom stereocenters. The molecule has 1 amide bonds. The van der Waals surface area contributed by atoms with Crippen molar-refractivity contribution >= 4 is 12.1 Å². The number of carbonyl (C=O) groups excluding carboxylic acids is 1. The number of carbonyl (C=O) groups is 1. The van der Waals surface area contributed by atoms with Gasteiger partial charge >= 0.3 is 6.09 Å². The van der Waals surface area contributed by atoms with Crippen LogP contribution in [0.25, 0.3) is 0 Å². The van der Waals surface area contributed by atoms with Gasteiger partial charge in [-0.15, -0.1) is 0 Å². The van der Waals surface area contributed by atoms with Crippen LogP contribution >= 0.6 is 0 Å². The molecule has 1 fully saturated rings. The number of ether oxygens (including phenoxy) is 2. The fourth-order valence-electron chi connectivity index (χ4n) is 2.38. The van der Waals surface area contributed by atoms with E-state index >= 15 is 0 Å². The monoisotopic (exact) mass is 314 g/mol. The van der Waals surface area contributed by atoms with Crippen LogP contribution < -0.4 is 10.6 Å². The van der Waals surface area contributed by atoms with Crippen LogP contribution in [-0.2, 0) is 9.47 Å². The average Bonchev–Trinajstić information content (AvgIpc) is 2.85. The van der Waals surface area contributed by atoms with Crippen molar-refractivity contribution in [1.29, 1.82) is 0 Å². The van der Waals surface area contributed by atoms with Crippen molar-refractivity contribution in [1.82, 2.24) is 15.5 Å². The molecule has 1 saturated heterocycles. The second-order valence-corrected chi connectivity index (χ2v) is 6.46. The molecule has 1 heterocycles. The molecule has 0 bridgehead atoms. The predicted octanol–water partition coefficient (Wildman–Crippen LogP) is 1.05. The molecule has 1 unspecified atom stereocenters.